The highest BCUT2D eigenvalue weighted by Gasteiger charge is 2.21. The van der Waals surface area contributed by atoms with Crippen LogP contribution in [0.2, 0.25) is 0 Å². The van der Waals surface area contributed by atoms with Crippen LogP contribution in [0.1, 0.15) is 33.9 Å². The van der Waals surface area contributed by atoms with E-state index in [2.05, 4.69) is 10.1 Å². The van der Waals surface area contributed by atoms with Gasteiger partial charge in [-0.05, 0) is 48.2 Å². The van der Waals surface area contributed by atoms with E-state index >= 15 is 0 Å². The van der Waals surface area contributed by atoms with Gasteiger partial charge in [0.25, 0.3) is 5.89 Å². The van der Waals surface area contributed by atoms with Gasteiger partial charge in [-0.2, -0.15) is 4.98 Å². The average Bonchev–Trinajstić information content (AvgIpc) is 3.21. The van der Waals surface area contributed by atoms with Gasteiger partial charge in [-0.1, -0.05) is 17.3 Å². The number of hydrogen-bond donors (Lipinski definition) is 2. The summed E-state index contributed by atoms with van der Waals surface area (Å²) in [6.07, 6.45) is 1.89. The molecule has 0 radical (unpaired) electrons. The summed E-state index contributed by atoms with van der Waals surface area (Å²) < 4.78 is 18.9. The molecule has 0 aliphatic heterocycles. The number of aromatic nitrogens is 2. The zero-order valence-corrected chi connectivity index (χ0v) is 13.2. The van der Waals surface area contributed by atoms with Crippen molar-refractivity contribution in [2.45, 2.75) is 18.9 Å². The van der Waals surface area contributed by atoms with Crippen LogP contribution in [0.3, 0.4) is 0 Å². The molecule has 25 heavy (non-hydrogen) atoms. The minimum atomic E-state index is -0.729. The largest absolute Gasteiger partial charge is 0.366 e. The Morgan fingerprint density at radius 2 is 2.04 bits per heavy atom. The Kier molecular flexibility index (Phi) is 3.58. The second-order valence-corrected chi connectivity index (χ2v) is 6.07. The molecule has 0 saturated carbocycles. The third kappa shape index (κ3) is 2.78. The number of nitrogens with zero attached hydrogens (tertiary/aromatic N) is 2. The lowest BCUT2D eigenvalue weighted by Gasteiger charge is -2.05. The summed E-state index contributed by atoms with van der Waals surface area (Å²) in [7, 11) is 0. The molecule has 0 bridgehead atoms. The number of primary amides is 1. The molecule has 4 rings (SSSR count). The Bertz CT molecular complexity index is 983. The fourth-order valence-electron chi connectivity index (χ4n) is 3.09. The number of nitrogens with two attached hydrogens (primary N) is 2. The van der Waals surface area contributed by atoms with Crippen molar-refractivity contribution in [1.29, 1.82) is 0 Å². The molecular weight excluding hydrogens is 323 g/mol. The van der Waals surface area contributed by atoms with E-state index in [0.717, 1.165) is 30.0 Å². The second kappa shape index (κ2) is 5.78. The van der Waals surface area contributed by atoms with Crippen molar-refractivity contribution in [3.8, 4) is 22.8 Å². The summed E-state index contributed by atoms with van der Waals surface area (Å²) >= 11 is 0. The Labute approximate surface area is 142 Å². The average molecular weight is 338 g/mol. The van der Waals surface area contributed by atoms with E-state index in [1.807, 2.05) is 18.2 Å². The highest BCUT2D eigenvalue weighted by molar-refractivity contribution is 5.93. The standard InChI is InChI=1S/C18H15FN4O2/c19-13-6-11(16(21)24)5-12(7-13)18-22-17(23-25-18)10-2-1-9-3-4-15(20)14(9)8-10/h1-2,5-8,15H,3-4,20H2,(H2,21,24). The van der Waals surface area contributed by atoms with Gasteiger partial charge < -0.3 is 16.0 Å². The van der Waals surface area contributed by atoms with Crippen LogP contribution < -0.4 is 11.5 Å². The van der Waals surface area contributed by atoms with Crippen LogP contribution in [0.5, 0.6) is 0 Å². The highest BCUT2D eigenvalue weighted by Crippen LogP contribution is 2.33. The Morgan fingerprint density at radius 3 is 2.84 bits per heavy atom. The van der Waals surface area contributed by atoms with Crippen LogP contribution in [0.25, 0.3) is 22.8 Å². The summed E-state index contributed by atoms with van der Waals surface area (Å²) in [5, 5.41) is 3.95. The maximum absolute atomic E-state index is 13.7. The molecule has 1 aliphatic rings. The maximum Gasteiger partial charge on any atom is 0.258 e. The summed E-state index contributed by atoms with van der Waals surface area (Å²) in [6.45, 7) is 0. The molecule has 6 nitrogen and oxygen atoms in total. The van der Waals surface area contributed by atoms with Crippen molar-refractivity contribution < 1.29 is 13.7 Å². The molecule has 4 N–H and O–H groups in total. The lowest BCUT2D eigenvalue weighted by molar-refractivity contribution is 0.1000. The van der Waals surface area contributed by atoms with Crippen LogP contribution >= 0.6 is 0 Å². The number of hydrogen-bond acceptors (Lipinski definition) is 5. The van der Waals surface area contributed by atoms with Gasteiger partial charge in [-0.3, -0.25) is 4.79 Å². The molecule has 2 aromatic carbocycles. The van der Waals surface area contributed by atoms with Crippen LogP contribution in [0.15, 0.2) is 40.9 Å². The van der Waals surface area contributed by atoms with Gasteiger partial charge >= 0.3 is 0 Å². The van der Waals surface area contributed by atoms with Crippen LogP contribution in [-0.4, -0.2) is 16.0 Å². The molecule has 1 heterocycles. The predicted molar refractivity (Wildman–Crippen MR) is 88.9 cm³/mol. The first-order chi connectivity index (χ1) is 12.0. The highest BCUT2D eigenvalue weighted by atomic mass is 19.1. The van der Waals surface area contributed by atoms with Gasteiger partial charge in [-0.25, -0.2) is 4.39 Å². The van der Waals surface area contributed by atoms with Crippen molar-refractivity contribution >= 4 is 5.91 Å². The molecule has 3 aromatic rings. The molecular formula is C18H15FN4O2. The monoisotopic (exact) mass is 338 g/mol. The maximum atomic E-state index is 13.7. The Balaban J connectivity index is 1.72. The number of carbonyl (C=O) groups is 1. The van der Waals surface area contributed by atoms with Gasteiger partial charge in [0.15, 0.2) is 0 Å². The molecule has 1 aliphatic carbocycles. The molecule has 7 heteroatoms. The minimum absolute atomic E-state index is 0.0164. The van der Waals surface area contributed by atoms with Crippen molar-refractivity contribution in [2.24, 2.45) is 11.5 Å². The van der Waals surface area contributed by atoms with Crippen LogP contribution in [-0.2, 0) is 6.42 Å². The first kappa shape index (κ1) is 15.5. The number of aryl methyl sites for hydroxylation is 1. The minimum Gasteiger partial charge on any atom is -0.366 e. The fourth-order valence-corrected chi connectivity index (χ4v) is 3.09. The van der Waals surface area contributed by atoms with Crippen molar-refractivity contribution in [3.63, 3.8) is 0 Å². The van der Waals surface area contributed by atoms with E-state index < -0.39 is 11.7 Å². The lowest BCUT2D eigenvalue weighted by Crippen LogP contribution is -2.11. The van der Waals surface area contributed by atoms with E-state index in [-0.39, 0.29) is 17.5 Å². The number of rotatable bonds is 3. The third-order valence-electron chi connectivity index (χ3n) is 4.38. The van der Waals surface area contributed by atoms with Crippen molar-refractivity contribution in [2.75, 3.05) is 0 Å². The molecule has 0 saturated heterocycles. The quantitative estimate of drug-likeness (QED) is 0.763. The molecule has 126 valence electrons. The number of fused-ring (bicyclic) bond motifs is 1. The van der Waals surface area contributed by atoms with E-state index in [1.165, 1.54) is 17.7 Å². The Morgan fingerprint density at radius 1 is 1.20 bits per heavy atom. The topological polar surface area (TPSA) is 108 Å². The number of halogens is 1. The van der Waals surface area contributed by atoms with Crippen molar-refractivity contribution in [1.82, 2.24) is 10.1 Å². The second-order valence-electron chi connectivity index (χ2n) is 6.07. The van der Waals surface area contributed by atoms with Gasteiger partial charge in [-0.15, -0.1) is 0 Å². The van der Waals surface area contributed by atoms with Crippen LogP contribution in [0.4, 0.5) is 4.39 Å². The first-order valence-electron chi connectivity index (χ1n) is 7.84. The molecule has 0 fully saturated rings. The third-order valence-corrected chi connectivity index (χ3v) is 4.38. The van der Waals surface area contributed by atoms with E-state index in [1.54, 1.807) is 0 Å². The van der Waals surface area contributed by atoms with Gasteiger partial charge in [0, 0.05) is 22.7 Å². The smallest absolute Gasteiger partial charge is 0.258 e. The van der Waals surface area contributed by atoms with Gasteiger partial charge in [0.05, 0.1) is 0 Å². The van der Waals surface area contributed by atoms with Crippen molar-refractivity contribution in [3.05, 3.63) is 58.9 Å². The zero-order valence-electron chi connectivity index (χ0n) is 13.2. The molecule has 1 atom stereocenters. The summed E-state index contributed by atoms with van der Waals surface area (Å²) in [5.74, 6) is -0.841. The number of carbonyl (C=O) groups excluding carboxylic acids is 1. The number of benzene rings is 2. The lowest BCUT2D eigenvalue weighted by atomic mass is 10.0. The van der Waals surface area contributed by atoms with E-state index in [0.29, 0.717) is 11.4 Å². The normalized spacial score (nSPS) is 16.0. The van der Waals surface area contributed by atoms with Crippen LogP contribution in [0, 0.1) is 5.82 Å². The SMILES string of the molecule is NC(=O)c1cc(F)cc(-c2nc(-c3ccc4c(c3)C(N)CC4)no2)c1. The molecule has 0 spiro atoms. The summed E-state index contributed by atoms with van der Waals surface area (Å²) in [6, 6.07) is 9.59. The Hall–Kier alpha value is -3.06. The van der Waals surface area contributed by atoms with E-state index in [4.69, 9.17) is 16.0 Å². The molecule has 1 amide bonds. The summed E-state index contributed by atoms with van der Waals surface area (Å²) in [4.78, 5) is 15.6. The zero-order chi connectivity index (χ0) is 17.6. The van der Waals surface area contributed by atoms with Gasteiger partial charge in [0.1, 0.15) is 5.82 Å². The molecule has 1 unspecified atom stereocenters. The summed E-state index contributed by atoms with van der Waals surface area (Å²) in [5.41, 5.74) is 14.7. The van der Waals surface area contributed by atoms with E-state index in [9.17, 15) is 9.18 Å². The predicted octanol–water partition coefficient (Wildman–Crippen LogP) is 2.59. The fraction of sp³-hybridized carbons (Fsp3) is 0.167. The molecule has 1 aromatic heterocycles. The van der Waals surface area contributed by atoms with Gasteiger partial charge in [0.2, 0.25) is 11.7 Å². The number of amides is 1. The first-order valence-corrected chi connectivity index (χ1v) is 7.84.